The average molecular weight is 298 g/mol. The molecule has 4 heteroatoms. The Hall–Kier alpha value is -0.610. The molecule has 2 heterocycles. The summed E-state index contributed by atoms with van der Waals surface area (Å²) < 4.78 is 0. The summed E-state index contributed by atoms with van der Waals surface area (Å²) in [6.45, 7) is 7.75. The minimum atomic E-state index is 1.07. The highest BCUT2D eigenvalue weighted by Gasteiger charge is 2.15. The molecule has 1 aromatic rings. The van der Waals surface area contributed by atoms with Crippen LogP contribution in [0.5, 0.6) is 0 Å². The Balaban J connectivity index is 1.99. The van der Waals surface area contributed by atoms with Crippen molar-refractivity contribution in [3.63, 3.8) is 0 Å². The third-order valence-corrected chi connectivity index (χ3v) is 3.54. The first-order valence-electron chi connectivity index (χ1n) is 6.26. The zero-order valence-electron chi connectivity index (χ0n) is 10.4. The first-order valence-corrected chi connectivity index (χ1v) is 7.38. The number of nitrogens with zero attached hydrogens (tertiary/aromatic N) is 3. The fraction of sp³-hybridized carbons (Fsp3) is 0.615. The van der Waals surface area contributed by atoms with Crippen LogP contribution in [0.15, 0.2) is 18.2 Å². The largest absolute Gasteiger partial charge is 0.355 e. The van der Waals surface area contributed by atoms with Crippen LogP contribution in [0.1, 0.15) is 12.1 Å². The van der Waals surface area contributed by atoms with Crippen molar-refractivity contribution in [2.24, 2.45) is 0 Å². The van der Waals surface area contributed by atoms with Crippen LogP contribution in [0.2, 0.25) is 0 Å². The van der Waals surface area contributed by atoms with Crippen LogP contribution in [-0.2, 0) is 0 Å². The highest BCUT2D eigenvalue weighted by atomic mass is 79.9. The normalized spacial score (nSPS) is 18.1. The van der Waals surface area contributed by atoms with Crippen LogP contribution in [-0.4, -0.2) is 47.9 Å². The fourth-order valence-corrected chi connectivity index (χ4v) is 2.75. The molecule has 0 N–H and O–H groups in total. The van der Waals surface area contributed by atoms with Crippen molar-refractivity contribution in [3.8, 4) is 0 Å². The SMILES string of the molecule is Cc1cccc(N2CCCN(CCBr)CC2)n1. The minimum absolute atomic E-state index is 1.07. The molecule has 0 aromatic carbocycles. The number of pyridine rings is 1. The lowest BCUT2D eigenvalue weighted by molar-refractivity contribution is 0.313. The predicted octanol–water partition coefficient (Wildman–Crippen LogP) is 2.30. The molecule has 1 aliphatic heterocycles. The summed E-state index contributed by atoms with van der Waals surface area (Å²) in [6.07, 6.45) is 1.22. The molecule has 0 atom stereocenters. The fourth-order valence-electron chi connectivity index (χ4n) is 2.25. The maximum Gasteiger partial charge on any atom is 0.128 e. The summed E-state index contributed by atoms with van der Waals surface area (Å²) in [6, 6.07) is 6.27. The Labute approximate surface area is 112 Å². The second-order valence-electron chi connectivity index (χ2n) is 4.51. The molecule has 0 radical (unpaired) electrons. The molecule has 0 amide bonds. The first-order chi connectivity index (χ1) is 8.29. The molecule has 94 valence electrons. The van der Waals surface area contributed by atoms with E-state index in [4.69, 9.17) is 0 Å². The summed E-state index contributed by atoms with van der Waals surface area (Å²) in [7, 11) is 0. The molecule has 0 aliphatic carbocycles. The van der Waals surface area contributed by atoms with Gasteiger partial charge in [0.15, 0.2) is 0 Å². The van der Waals surface area contributed by atoms with Crippen LogP contribution in [0.3, 0.4) is 0 Å². The number of alkyl halides is 1. The van der Waals surface area contributed by atoms with Gasteiger partial charge >= 0.3 is 0 Å². The zero-order valence-corrected chi connectivity index (χ0v) is 12.0. The second-order valence-corrected chi connectivity index (χ2v) is 5.30. The Kier molecular flexibility index (Phi) is 4.80. The van der Waals surface area contributed by atoms with Gasteiger partial charge in [-0.25, -0.2) is 4.98 Å². The maximum absolute atomic E-state index is 4.61. The van der Waals surface area contributed by atoms with Gasteiger partial charge in [0.1, 0.15) is 5.82 Å². The van der Waals surface area contributed by atoms with Gasteiger partial charge in [-0.3, -0.25) is 0 Å². The molecule has 3 nitrogen and oxygen atoms in total. The molecule has 2 rings (SSSR count). The molecule has 0 bridgehead atoms. The quantitative estimate of drug-likeness (QED) is 0.798. The summed E-state index contributed by atoms with van der Waals surface area (Å²) in [5, 5.41) is 1.07. The van der Waals surface area contributed by atoms with Crippen molar-refractivity contribution in [2.45, 2.75) is 13.3 Å². The van der Waals surface area contributed by atoms with Gasteiger partial charge in [0.05, 0.1) is 0 Å². The number of anilines is 1. The van der Waals surface area contributed by atoms with E-state index in [1.807, 2.05) is 0 Å². The van der Waals surface area contributed by atoms with E-state index in [0.29, 0.717) is 0 Å². The molecule has 1 aliphatic rings. The number of aryl methyl sites for hydroxylation is 1. The van der Waals surface area contributed by atoms with Crippen molar-refractivity contribution in [1.82, 2.24) is 9.88 Å². The first kappa shape index (κ1) is 12.8. The topological polar surface area (TPSA) is 19.4 Å². The van der Waals surface area contributed by atoms with Gasteiger partial charge in [-0.05, 0) is 32.0 Å². The van der Waals surface area contributed by atoms with Crippen LogP contribution >= 0.6 is 15.9 Å². The van der Waals surface area contributed by atoms with Gasteiger partial charge < -0.3 is 9.80 Å². The predicted molar refractivity (Wildman–Crippen MR) is 76.0 cm³/mol. The summed E-state index contributed by atoms with van der Waals surface area (Å²) in [4.78, 5) is 9.53. The standard InChI is InChI=1S/C13H20BrN3/c1-12-4-2-5-13(15-12)17-8-3-7-16(9-6-14)10-11-17/h2,4-5H,3,6-11H2,1H3. The molecule has 1 saturated heterocycles. The van der Waals surface area contributed by atoms with Crippen LogP contribution in [0.25, 0.3) is 0 Å². The average Bonchev–Trinajstić information content (AvgIpc) is 2.55. The van der Waals surface area contributed by atoms with Crippen molar-refractivity contribution in [3.05, 3.63) is 23.9 Å². The van der Waals surface area contributed by atoms with E-state index in [-0.39, 0.29) is 0 Å². The Bertz CT molecular complexity index is 356. The number of halogens is 1. The van der Waals surface area contributed by atoms with E-state index in [1.54, 1.807) is 0 Å². The van der Waals surface area contributed by atoms with Crippen LogP contribution in [0, 0.1) is 6.92 Å². The van der Waals surface area contributed by atoms with Crippen LogP contribution < -0.4 is 4.90 Å². The Morgan fingerprint density at radius 2 is 2.12 bits per heavy atom. The monoisotopic (exact) mass is 297 g/mol. The van der Waals surface area contributed by atoms with Gasteiger partial charge in [-0.1, -0.05) is 22.0 Å². The van der Waals surface area contributed by atoms with Crippen molar-refractivity contribution in [2.75, 3.05) is 43.0 Å². The molecule has 1 aromatic heterocycles. The second kappa shape index (κ2) is 6.36. The van der Waals surface area contributed by atoms with Crippen LogP contribution in [0.4, 0.5) is 5.82 Å². The summed E-state index contributed by atoms with van der Waals surface area (Å²) in [5.74, 6) is 1.13. The van der Waals surface area contributed by atoms with Gasteiger partial charge in [0.25, 0.3) is 0 Å². The van der Waals surface area contributed by atoms with E-state index >= 15 is 0 Å². The van der Waals surface area contributed by atoms with E-state index in [9.17, 15) is 0 Å². The third-order valence-electron chi connectivity index (χ3n) is 3.19. The molecular weight excluding hydrogens is 278 g/mol. The number of hydrogen-bond donors (Lipinski definition) is 0. The lowest BCUT2D eigenvalue weighted by Crippen LogP contribution is -2.32. The smallest absolute Gasteiger partial charge is 0.128 e. The van der Waals surface area contributed by atoms with Gasteiger partial charge in [-0.15, -0.1) is 0 Å². The van der Waals surface area contributed by atoms with E-state index in [2.05, 4.69) is 55.8 Å². The highest BCUT2D eigenvalue weighted by molar-refractivity contribution is 9.09. The number of rotatable bonds is 3. The van der Waals surface area contributed by atoms with Crippen molar-refractivity contribution >= 4 is 21.7 Å². The lowest BCUT2D eigenvalue weighted by atomic mass is 10.3. The van der Waals surface area contributed by atoms with Gasteiger partial charge in [0.2, 0.25) is 0 Å². The van der Waals surface area contributed by atoms with E-state index in [0.717, 1.165) is 43.0 Å². The molecule has 0 spiro atoms. The van der Waals surface area contributed by atoms with Gasteiger partial charge in [0, 0.05) is 37.2 Å². The minimum Gasteiger partial charge on any atom is -0.355 e. The van der Waals surface area contributed by atoms with E-state index in [1.165, 1.54) is 13.0 Å². The Morgan fingerprint density at radius 1 is 1.24 bits per heavy atom. The molecule has 0 saturated carbocycles. The van der Waals surface area contributed by atoms with Gasteiger partial charge in [-0.2, -0.15) is 0 Å². The summed E-state index contributed by atoms with van der Waals surface area (Å²) >= 11 is 3.51. The maximum atomic E-state index is 4.61. The summed E-state index contributed by atoms with van der Waals surface area (Å²) in [5.41, 5.74) is 1.10. The number of aromatic nitrogens is 1. The van der Waals surface area contributed by atoms with E-state index < -0.39 is 0 Å². The molecular formula is C13H20BrN3. The molecule has 0 unspecified atom stereocenters. The lowest BCUT2D eigenvalue weighted by Gasteiger charge is -2.22. The molecule has 1 fully saturated rings. The van der Waals surface area contributed by atoms with Crippen molar-refractivity contribution < 1.29 is 0 Å². The highest BCUT2D eigenvalue weighted by Crippen LogP contribution is 2.14. The van der Waals surface area contributed by atoms with Crippen molar-refractivity contribution in [1.29, 1.82) is 0 Å². The Morgan fingerprint density at radius 3 is 2.88 bits per heavy atom. The third kappa shape index (κ3) is 3.68. The number of hydrogen-bond acceptors (Lipinski definition) is 3. The molecule has 17 heavy (non-hydrogen) atoms. The zero-order chi connectivity index (χ0) is 12.1.